The fraction of sp³-hybridized carbons (Fsp3) is 0.792. The van der Waals surface area contributed by atoms with Gasteiger partial charge in [0.25, 0.3) is 0 Å². The van der Waals surface area contributed by atoms with Crippen molar-refractivity contribution in [2.75, 3.05) is 13.2 Å². The minimum atomic E-state index is -1.11. The van der Waals surface area contributed by atoms with E-state index in [1.165, 1.54) is 13.8 Å². The van der Waals surface area contributed by atoms with Crippen LogP contribution in [0.5, 0.6) is 0 Å². The number of aliphatic hydroxyl groups excluding tert-OH is 1. The summed E-state index contributed by atoms with van der Waals surface area (Å²) < 4.78 is 29.4. The Labute approximate surface area is 193 Å². The topological polar surface area (TPSA) is 121 Å². The molecule has 2 bridgehead atoms. The quantitative estimate of drug-likeness (QED) is 0.195. The van der Waals surface area contributed by atoms with E-state index in [4.69, 9.17) is 23.7 Å². The van der Waals surface area contributed by atoms with Gasteiger partial charge in [0.2, 0.25) is 0 Å². The lowest BCUT2D eigenvalue weighted by molar-refractivity contribution is -0.241. The largest absolute Gasteiger partial charge is 0.465 e. The number of hydrogen-bond donors (Lipinski definition) is 1. The Balaban J connectivity index is 1.79. The van der Waals surface area contributed by atoms with Crippen LogP contribution >= 0.6 is 0 Å². The van der Waals surface area contributed by atoms with E-state index in [0.29, 0.717) is 6.61 Å². The van der Waals surface area contributed by atoms with Crippen LogP contribution in [0.15, 0.2) is 11.6 Å². The summed E-state index contributed by atoms with van der Waals surface area (Å²) in [6.45, 7) is 10.5. The van der Waals surface area contributed by atoms with E-state index in [-0.39, 0.29) is 31.3 Å². The van der Waals surface area contributed by atoms with Crippen molar-refractivity contribution < 1.29 is 43.2 Å². The molecule has 0 aromatic rings. The molecule has 1 spiro atoms. The van der Waals surface area contributed by atoms with E-state index in [0.717, 1.165) is 5.57 Å². The molecule has 33 heavy (non-hydrogen) atoms. The van der Waals surface area contributed by atoms with Gasteiger partial charge in [-0.05, 0) is 18.4 Å². The number of carbonyl (C=O) groups excluding carboxylic acids is 3. The molecule has 0 unspecified atom stereocenters. The highest BCUT2D eigenvalue weighted by Crippen LogP contribution is 2.72. The van der Waals surface area contributed by atoms with Crippen LogP contribution in [0.25, 0.3) is 0 Å². The van der Waals surface area contributed by atoms with Crippen LogP contribution in [0.3, 0.4) is 0 Å². The van der Waals surface area contributed by atoms with Gasteiger partial charge in [-0.2, -0.15) is 0 Å². The fourth-order valence-corrected chi connectivity index (χ4v) is 6.26. The van der Waals surface area contributed by atoms with E-state index < -0.39 is 58.9 Å². The maximum Gasteiger partial charge on any atom is 0.306 e. The highest BCUT2D eigenvalue weighted by Gasteiger charge is 2.86. The van der Waals surface area contributed by atoms with Crippen LogP contribution in [0.1, 0.15) is 54.4 Å². The number of epoxide rings is 1. The predicted octanol–water partition coefficient (Wildman–Crippen LogP) is 1.69. The molecule has 4 rings (SSSR count). The molecule has 2 heterocycles. The summed E-state index contributed by atoms with van der Waals surface area (Å²) in [4.78, 5) is 36.4. The molecule has 184 valence electrons. The first-order chi connectivity index (χ1) is 15.4. The highest BCUT2D eigenvalue weighted by atomic mass is 16.9. The molecule has 2 aliphatic heterocycles. The summed E-state index contributed by atoms with van der Waals surface area (Å²) in [6.07, 6.45) is -1.46. The first-order valence-corrected chi connectivity index (χ1v) is 11.5. The van der Waals surface area contributed by atoms with Gasteiger partial charge in [0.1, 0.15) is 36.6 Å². The van der Waals surface area contributed by atoms with E-state index in [2.05, 4.69) is 0 Å². The Morgan fingerprint density at radius 3 is 2.42 bits per heavy atom. The summed E-state index contributed by atoms with van der Waals surface area (Å²) in [5, 5.41) is 11.2. The van der Waals surface area contributed by atoms with Crippen molar-refractivity contribution in [2.45, 2.75) is 90.5 Å². The third-order valence-electron chi connectivity index (χ3n) is 8.00. The van der Waals surface area contributed by atoms with Crippen LogP contribution in [0.2, 0.25) is 0 Å². The number of ether oxygens (including phenoxy) is 5. The van der Waals surface area contributed by atoms with Gasteiger partial charge in [0.15, 0.2) is 0 Å². The molecule has 0 aromatic heterocycles. The van der Waals surface area contributed by atoms with Crippen molar-refractivity contribution in [2.24, 2.45) is 16.7 Å². The second-order valence-corrected chi connectivity index (χ2v) is 10.5. The van der Waals surface area contributed by atoms with Crippen molar-refractivity contribution in [3.63, 3.8) is 0 Å². The minimum Gasteiger partial charge on any atom is -0.465 e. The Hall–Kier alpha value is -1.97. The third-order valence-corrected chi connectivity index (χ3v) is 8.00. The highest BCUT2D eigenvalue weighted by molar-refractivity contribution is 5.70. The molecular formula is C24H34O9. The van der Waals surface area contributed by atoms with Crippen LogP contribution in [0.4, 0.5) is 0 Å². The Kier molecular flexibility index (Phi) is 5.90. The van der Waals surface area contributed by atoms with E-state index >= 15 is 0 Å². The van der Waals surface area contributed by atoms with Crippen LogP contribution in [0, 0.1) is 16.7 Å². The second kappa shape index (κ2) is 8.06. The molecular weight excluding hydrogens is 456 g/mol. The van der Waals surface area contributed by atoms with Gasteiger partial charge in [-0.25, -0.2) is 0 Å². The molecule has 1 saturated carbocycles. The average molecular weight is 490 g/mol. The van der Waals surface area contributed by atoms with Gasteiger partial charge >= 0.3 is 17.9 Å². The lowest BCUT2D eigenvalue weighted by atomic mass is 10.5. The molecule has 9 heteroatoms. The van der Waals surface area contributed by atoms with Gasteiger partial charge in [-0.3, -0.25) is 14.4 Å². The molecule has 0 aromatic carbocycles. The van der Waals surface area contributed by atoms with Crippen molar-refractivity contribution in [3.8, 4) is 0 Å². The average Bonchev–Trinajstić information content (AvgIpc) is 3.48. The summed E-state index contributed by atoms with van der Waals surface area (Å²) >= 11 is 0. The van der Waals surface area contributed by atoms with E-state index in [9.17, 15) is 19.5 Å². The SMILES string of the molecule is [13CH3][13C](=O)O[13CH2][13C@]12[13CH2][13C@H](O[13C](=O)[13CH2][13CH]([13CH3])[13CH3])[13C]([13CH3])=[13CH][13C@H]1O[13C@@H]1[13C@H](O)[13C@@H](O[13C]([13CH3])=O)[13C@@]2([13CH3])[13C@]12[13CH2]O2. The molecule has 9 nitrogen and oxygen atoms in total. The zero-order valence-corrected chi connectivity index (χ0v) is 20.1. The smallest absolute Gasteiger partial charge is 0.306 e. The van der Waals surface area contributed by atoms with Gasteiger partial charge in [0, 0.05) is 26.7 Å². The number of esters is 3. The summed E-state index contributed by atoms with van der Waals surface area (Å²) in [5.74, 6) is -1.18. The predicted molar refractivity (Wildman–Crippen MR) is 114 cm³/mol. The van der Waals surface area contributed by atoms with E-state index in [1.54, 1.807) is 0 Å². The number of aliphatic hydroxyl groups is 1. The lowest BCUT2D eigenvalue weighted by Gasteiger charge is -2.58. The first-order valence-electron chi connectivity index (χ1n) is 11.5. The van der Waals surface area contributed by atoms with Gasteiger partial charge in [-0.15, -0.1) is 0 Å². The van der Waals surface area contributed by atoms with Crippen molar-refractivity contribution in [3.05, 3.63) is 11.6 Å². The van der Waals surface area contributed by atoms with Gasteiger partial charge < -0.3 is 28.8 Å². The summed E-state index contributed by atoms with van der Waals surface area (Å²) in [7, 11) is 0. The van der Waals surface area contributed by atoms with Gasteiger partial charge in [0.05, 0.1) is 23.5 Å². The van der Waals surface area contributed by atoms with Crippen molar-refractivity contribution in [1.29, 1.82) is 0 Å². The molecule has 8 atom stereocenters. The maximum atomic E-state index is 12.5. The minimum absolute atomic E-state index is 0.0617. The molecule has 2 aliphatic carbocycles. The molecule has 3 fully saturated rings. The molecule has 0 amide bonds. The zero-order chi connectivity index (χ0) is 24.3. The van der Waals surface area contributed by atoms with Crippen molar-refractivity contribution >= 4 is 17.9 Å². The second-order valence-electron chi connectivity index (χ2n) is 10.5. The molecule has 0 radical (unpaired) electrons. The normalized spacial score (nSPS) is 43.0. The number of fused-ring (bicyclic) bond motifs is 2. The first kappa shape index (κ1) is 24.2. The van der Waals surface area contributed by atoms with Gasteiger partial charge in [-0.1, -0.05) is 26.8 Å². The fourth-order valence-electron chi connectivity index (χ4n) is 6.26. The Bertz CT molecular complexity index is 875. The van der Waals surface area contributed by atoms with Crippen molar-refractivity contribution in [1.82, 2.24) is 0 Å². The summed E-state index contributed by atoms with van der Waals surface area (Å²) in [5.41, 5.74) is -2.00. The number of hydrogen-bond acceptors (Lipinski definition) is 9. The standard InChI is InChI=1S/C24H34O9/c1-12(2)7-18(27)32-16-9-23(10-29-14(4)25)17(8-13(16)3)33-21-19(28)20(31-15(5)26)22(23,6)24(21)11-30-24/h8,12,16-17,19-21,28H,7,9-11H2,1-6H3/t16-,17+,19+,20+,21+,22+,23+,24-/m0/s1/i1+1,2+1,3+1,4+1,5+1,6+1,7+1,8+1,9+1,10+1,11+1,12+1,13+1,14+1,15+1,16+1,17+1,18+1,19+1,20+1,21+1,22+1,23+1,24+1. The summed E-state index contributed by atoms with van der Waals surface area (Å²) in [6, 6.07) is 0. The molecule has 2 saturated heterocycles. The van der Waals surface area contributed by atoms with E-state index in [1.807, 2.05) is 33.8 Å². The van der Waals surface area contributed by atoms with Crippen LogP contribution < -0.4 is 0 Å². The Morgan fingerprint density at radius 1 is 1.21 bits per heavy atom. The number of rotatable bonds is 6. The maximum absolute atomic E-state index is 12.5. The lowest BCUT2D eigenvalue weighted by Crippen LogP contribution is -2.68. The molecule has 4 aliphatic rings. The monoisotopic (exact) mass is 490 g/mol. The Morgan fingerprint density at radius 2 is 1.88 bits per heavy atom. The molecule has 1 N–H and O–H groups in total. The van der Waals surface area contributed by atoms with Crippen LogP contribution in [-0.4, -0.2) is 72.3 Å². The zero-order valence-electron chi connectivity index (χ0n) is 20.1. The third kappa shape index (κ3) is 3.51. The number of carbonyl (C=O) groups is 3. The van der Waals surface area contributed by atoms with Crippen LogP contribution in [-0.2, 0) is 38.1 Å².